The lowest BCUT2D eigenvalue weighted by atomic mass is 10.3. The quantitative estimate of drug-likeness (QED) is 0.353. The third-order valence-electron chi connectivity index (χ3n) is 1.21. The summed E-state index contributed by atoms with van der Waals surface area (Å²) in [5, 5.41) is 0. The molecule has 0 saturated carbocycles. The predicted octanol–water partition coefficient (Wildman–Crippen LogP) is 1.67. The highest BCUT2D eigenvalue weighted by atomic mass is 32.2. The second kappa shape index (κ2) is 5.18. The molecule has 0 aromatic rings. The first-order valence-electron chi connectivity index (χ1n) is 3.64. The monoisotopic (exact) mass is 178 g/mol. The van der Waals surface area contributed by atoms with Gasteiger partial charge in [0.05, 0.1) is 12.0 Å². The van der Waals surface area contributed by atoms with Crippen molar-refractivity contribution >= 4 is 10.1 Å². The van der Waals surface area contributed by atoms with Gasteiger partial charge >= 0.3 is 10.1 Å². The zero-order valence-electron chi connectivity index (χ0n) is 6.75. The van der Waals surface area contributed by atoms with E-state index < -0.39 is 10.1 Å². The minimum absolute atomic E-state index is 0.0901. The van der Waals surface area contributed by atoms with Crippen LogP contribution in [0.3, 0.4) is 0 Å². The molecule has 11 heavy (non-hydrogen) atoms. The second-order valence-corrected chi connectivity index (χ2v) is 3.95. The fraction of sp³-hybridized carbons (Fsp3) is 0.714. The topological polar surface area (TPSA) is 43.4 Å². The Bertz CT molecular complexity index is 194. The maximum absolute atomic E-state index is 10.8. The van der Waals surface area contributed by atoms with E-state index in [1.54, 1.807) is 0 Å². The van der Waals surface area contributed by atoms with E-state index in [2.05, 4.69) is 10.8 Å². The van der Waals surface area contributed by atoms with Crippen LogP contribution < -0.4 is 0 Å². The summed E-state index contributed by atoms with van der Waals surface area (Å²) in [5.74, 6) is 0.0901. The Morgan fingerprint density at radius 2 is 2.09 bits per heavy atom. The maximum atomic E-state index is 10.8. The van der Waals surface area contributed by atoms with E-state index in [1.165, 1.54) is 0 Å². The molecule has 0 rings (SSSR count). The van der Waals surface area contributed by atoms with E-state index in [0.717, 1.165) is 19.1 Å². The van der Waals surface area contributed by atoms with Crippen LogP contribution in [0.1, 0.15) is 26.2 Å². The first-order valence-corrected chi connectivity index (χ1v) is 5.22. The molecule has 0 atom stereocenters. The lowest BCUT2D eigenvalue weighted by molar-refractivity contribution is 0.442. The van der Waals surface area contributed by atoms with E-state index in [1.807, 2.05) is 6.92 Å². The Morgan fingerprint density at radius 1 is 1.45 bits per heavy atom. The molecule has 0 unspecified atom stereocenters. The Balaban J connectivity index is 3.65. The van der Waals surface area contributed by atoms with Crippen molar-refractivity contribution in [3.05, 3.63) is 12.8 Å². The Labute approximate surface area is 68.2 Å². The maximum Gasteiger partial charge on any atom is 0.308 e. The van der Waals surface area contributed by atoms with E-state index >= 15 is 0 Å². The Hall–Kier alpha value is -0.510. The molecule has 0 fully saturated rings. The molecule has 0 aliphatic heterocycles. The average molecular weight is 178 g/mol. The molecule has 0 heterocycles. The van der Waals surface area contributed by atoms with Crippen LogP contribution in [0.15, 0.2) is 12.8 Å². The van der Waals surface area contributed by atoms with Crippen LogP contribution in [0.25, 0.3) is 0 Å². The average Bonchev–Trinajstić information content (AvgIpc) is 1.87. The lowest BCUT2D eigenvalue weighted by Crippen LogP contribution is -2.06. The van der Waals surface area contributed by atoms with Gasteiger partial charge in [-0.15, -0.1) is 0 Å². The number of hydrogen-bond donors (Lipinski definition) is 0. The van der Waals surface area contributed by atoms with Gasteiger partial charge in [-0.3, -0.25) is 0 Å². The molecule has 0 aromatic carbocycles. The Kier molecular flexibility index (Phi) is 4.94. The van der Waals surface area contributed by atoms with Crippen LogP contribution in [-0.4, -0.2) is 14.2 Å². The van der Waals surface area contributed by atoms with Crippen molar-refractivity contribution < 1.29 is 12.6 Å². The molecule has 0 aliphatic carbocycles. The van der Waals surface area contributed by atoms with Crippen LogP contribution in [0.2, 0.25) is 0 Å². The number of rotatable bonds is 6. The van der Waals surface area contributed by atoms with Crippen LogP contribution in [0.5, 0.6) is 0 Å². The largest absolute Gasteiger partial charge is 0.391 e. The van der Waals surface area contributed by atoms with Crippen LogP contribution >= 0.6 is 0 Å². The summed E-state index contributed by atoms with van der Waals surface area (Å²) < 4.78 is 25.9. The molecular formula is C7H14O3S. The minimum Gasteiger partial charge on any atom is -0.391 e. The lowest BCUT2D eigenvalue weighted by Gasteiger charge is -2.00. The molecule has 0 N–H and O–H groups in total. The summed E-state index contributed by atoms with van der Waals surface area (Å²) in [6.07, 6.45) is 3.53. The zero-order chi connectivity index (χ0) is 8.74. The van der Waals surface area contributed by atoms with Crippen molar-refractivity contribution in [1.29, 1.82) is 0 Å². The zero-order valence-corrected chi connectivity index (χ0v) is 7.56. The molecule has 3 nitrogen and oxygen atoms in total. The summed E-state index contributed by atoms with van der Waals surface area (Å²) >= 11 is 0. The fourth-order valence-electron chi connectivity index (χ4n) is 0.681. The number of unbranched alkanes of at least 4 members (excludes halogenated alkanes) is 2. The van der Waals surface area contributed by atoms with Gasteiger partial charge in [0, 0.05) is 0 Å². The first kappa shape index (κ1) is 10.5. The highest BCUT2D eigenvalue weighted by molar-refractivity contribution is 7.86. The molecule has 4 heteroatoms. The van der Waals surface area contributed by atoms with Gasteiger partial charge in [0.15, 0.2) is 0 Å². The van der Waals surface area contributed by atoms with Gasteiger partial charge in [0.1, 0.15) is 0 Å². The van der Waals surface area contributed by atoms with Gasteiger partial charge in [-0.25, -0.2) is 0 Å². The van der Waals surface area contributed by atoms with Gasteiger partial charge in [-0.2, -0.15) is 8.42 Å². The summed E-state index contributed by atoms with van der Waals surface area (Å²) in [4.78, 5) is 0. The van der Waals surface area contributed by atoms with Gasteiger partial charge in [-0.1, -0.05) is 26.3 Å². The van der Waals surface area contributed by atoms with E-state index in [0.29, 0.717) is 6.42 Å². The molecule has 0 aliphatic rings. The SMILES string of the molecule is C=COS(=O)(=O)CCCCC. The van der Waals surface area contributed by atoms with Gasteiger partial charge in [0.2, 0.25) is 0 Å². The van der Waals surface area contributed by atoms with E-state index in [-0.39, 0.29) is 5.75 Å². The Morgan fingerprint density at radius 3 is 2.55 bits per heavy atom. The van der Waals surface area contributed by atoms with Crippen molar-refractivity contribution in [3.63, 3.8) is 0 Å². The molecule has 0 bridgehead atoms. The van der Waals surface area contributed by atoms with Gasteiger partial charge < -0.3 is 4.18 Å². The summed E-state index contributed by atoms with van der Waals surface area (Å²) in [6, 6.07) is 0. The summed E-state index contributed by atoms with van der Waals surface area (Å²) in [5.41, 5.74) is 0. The van der Waals surface area contributed by atoms with Crippen LogP contribution in [0, 0.1) is 0 Å². The smallest absolute Gasteiger partial charge is 0.308 e. The summed E-state index contributed by atoms with van der Waals surface area (Å²) in [7, 11) is -3.32. The molecule has 0 spiro atoms. The van der Waals surface area contributed by atoms with Crippen molar-refractivity contribution in [2.45, 2.75) is 26.2 Å². The molecule has 0 amide bonds. The van der Waals surface area contributed by atoms with Crippen LogP contribution in [0.4, 0.5) is 0 Å². The van der Waals surface area contributed by atoms with Crippen molar-refractivity contribution in [2.24, 2.45) is 0 Å². The van der Waals surface area contributed by atoms with E-state index in [9.17, 15) is 8.42 Å². The van der Waals surface area contributed by atoms with E-state index in [4.69, 9.17) is 0 Å². The first-order chi connectivity index (χ1) is 5.12. The van der Waals surface area contributed by atoms with Gasteiger partial charge in [-0.05, 0) is 6.42 Å². The highest BCUT2D eigenvalue weighted by Gasteiger charge is 2.07. The molecule has 0 aromatic heterocycles. The molecular weight excluding hydrogens is 164 g/mol. The normalized spacial score (nSPS) is 11.0. The summed E-state index contributed by atoms with van der Waals surface area (Å²) in [6.45, 7) is 5.19. The third-order valence-corrected chi connectivity index (χ3v) is 2.43. The fourth-order valence-corrected chi connectivity index (χ4v) is 1.54. The van der Waals surface area contributed by atoms with Crippen molar-refractivity contribution in [1.82, 2.24) is 0 Å². The predicted molar refractivity (Wildman–Crippen MR) is 44.6 cm³/mol. The van der Waals surface area contributed by atoms with Crippen LogP contribution in [-0.2, 0) is 14.3 Å². The molecule has 66 valence electrons. The minimum atomic E-state index is -3.32. The molecule has 0 radical (unpaired) electrons. The van der Waals surface area contributed by atoms with Crippen molar-refractivity contribution in [2.75, 3.05) is 5.75 Å². The number of hydrogen-bond acceptors (Lipinski definition) is 3. The molecule has 0 saturated heterocycles. The highest BCUT2D eigenvalue weighted by Crippen LogP contribution is 2.01. The van der Waals surface area contributed by atoms with Crippen molar-refractivity contribution in [3.8, 4) is 0 Å². The standard InChI is InChI=1S/C7H14O3S/c1-3-5-6-7-11(8,9)10-4-2/h4H,2-3,5-7H2,1H3. The third kappa shape index (κ3) is 5.91. The second-order valence-electron chi connectivity index (χ2n) is 2.23. The van der Waals surface area contributed by atoms with Gasteiger partial charge in [0.25, 0.3) is 0 Å².